The van der Waals surface area contributed by atoms with E-state index in [-0.39, 0.29) is 19.6 Å². The molecule has 0 bridgehead atoms. The van der Waals surface area contributed by atoms with Gasteiger partial charge in [-0.2, -0.15) is 0 Å². The Hall–Kier alpha value is -2.32. The van der Waals surface area contributed by atoms with Crippen LogP contribution < -0.4 is 10.1 Å². The maximum atomic E-state index is 12.3. The Morgan fingerprint density at radius 2 is 1.84 bits per heavy atom. The van der Waals surface area contributed by atoms with Gasteiger partial charge >= 0.3 is 5.97 Å². The summed E-state index contributed by atoms with van der Waals surface area (Å²) in [6.45, 7) is 3.66. The van der Waals surface area contributed by atoms with Crippen LogP contribution in [0.15, 0.2) is 42.5 Å². The van der Waals surface area contributed by atoms with E-state index in [2.05, 4.69) is 5.32 Å². The van der Waals surface area contributed by atoms with Crippen LogP contribution in [0.25, 0.3) is 0 Å². The number of amides is 1. The third-order valence-corrected chi connectivity index (χ3v) is 5.43. The van der Waals surface area contributed by atoms with Crippen molar-refractivity contribution in [1.29, 1.82) is 0 Å². The van der Waals surface area contributed by atoms with E-state index in [1.807, 2.05) is 0 Å². The number of ether oxygens (including phenoxy) is 3. The Bertz CT molecular complexity index is 927. The first-order valence-electron chi connectivity index (χ1n) is 9.64. The summed E-state index contributed by atoms with van der Waals surface area (Å²) < 4.78 is 16.6. The zero-order valence-electron chi connectivity index (χ0n) is 17.1. The third kappa shape index (κ3) is 6.33. The molecular weight excluding hydrogens is 445 g/mol. The van der Waals surface area contributed by atoms with Crippen molar-refractivity contribution in [1.82, 2.24) is 5.32 Å². The smallest absolute Gasteiger partial charge is 0.326 e. The van der Waals surface area contributed by atoms with Gasteiger partial charge in [-0.15, -0.1) is 0 Å². The molecule has 2 atom stereocenters. The van der Waals surface area contributed by atoms with Crippen molar-refractivity contribution in [2.45, 2.75) is 44.8 Å². The van der Waals surface area contributed by atoms with Gasteiger partial charge in [0.15, 0.2) is 11.9 Å². The first-order chi connectivity index (χ1) is 14.6. The lowest BCUT2D eigenvalue weighted by molar-refractivity contribution is -0.155. The SMILES string of the molecule is CC1(C)OC[C@@H](C(=O)N[C@@H](Cc2ccc(OCc3c(Cl)cccc3Cl)cc2)C(=O)O)O1. The highest BCUT2D eigenvalue weighted by Crippen LogP contribution is 2.26. The van der Waals surface area contributed by atoms with Gasteiger partial charge in [0.25, 0.3) is 5.91 Å². The molecule has 3 rings (SSSR count). The predicted octanol–water partition coefficient (Wildman–Crippen LogP) is 3.84. The minimum absolute atomic E-state index is 0.0760. The second-order valence-corrected chi connectivity index (χ2v) is 8.37. The molecule has 1 saturated heterocycles. The second-order valence-electron chi connectivity index (χ2n) is 7.55. The lowest BCUT2D eigenvalue weighted by Crippen LogP contribution is -2.47. The largest absolute Gasteiger partial charge is 0.489 e. The van der Waals surface area contributed by atoms with E-state index in [0.29, 0.717) is 21.4 Å². The number of carboxylic acid groups (broad SMARTS) is 1. The maximum absolute atomic E-state index is 12.3. The van der Waals surface area contributed by atoms with E-state index in [1.165, 1.54) is 0 Å². The zero-order valence-corrected chi connectivity index (χ0v) is 18.6. The lowest BCUT2D eigenvalue weighted by Gasteiger charge is -2.19. The number of aliphatic carboxylic acids is 1. The van der Waals surface area contributed by atoms with Crippen LogP contribution in [0.5, 0.6) is 5.75 Å². The van der Waals surface area contributed by atoms with Gasteiger partial charge in [-0.1, -0.05) is 41.4 Å². The van der Waals surface area contributed by atoms with Crippen molar-refractivity contribution < 1.29 is 28.9 Å². The molecule has 2 N–H and O–H groups in total. The minimum Gasteiger partial charge on any atom is -0.489 e. The fourth-order valence-electron chi connectivity index (χ4n) is 3.06. The second kappa shape index (κ2) is 9.87. The number of carbonyl (C=O) groups is 2. The van der Waals surface area contributed by atoms with E-state index in [1.54, 1.807) is 56.3 Å². The van der Waals surface area contributed by atoms with Gasteiger partial charge in [0.2, 0.25) is 0 Å². The average Bonchev–Trinajstić information content (AvgIpc) is 3.08. The molecule has 0 spiro atoms. The minimum atomic E-state index is -1.14. The van der Waals surface area contributed by atoms with E-state index in [4.69, 9.17) is 37.4 Å². The molecule has 9 heteroatoms. The highest BCUT2D eigenvalue weighted by molar-refractivity contribution is 6.35. The monoisotopic (exact) mass is 467 g/mol. The van der Waals surface area contributed by atoms with Crippen molar-refractivity contribution >= 4 is 35.1 Å². The fourth-order valence-corrected chi connectivity index (χ4v) is 3.57. The molecule has 1 heterocycles. The Morgan fingerprint density at radius 1 is 1.19 bits per heavy atom. The van der Waals surface area contributed by atoms with Crippen LogP contribution in [-0.2, 0) is 32.1 Å². The molecule has 0 radical (unpaired) electrons. The van der Waals surface area contributed by atoms with E-state index < -0.39 is 29.8 Å². The Morgan fingerprint density at radius 3 is 2.39 bits per heavy atom. The highest BCUT2D eigenvalue weighted by Gasteiger charge is 2.38. The fraction of sp³-hybridized carbons (Fsp3) is 0.364. The summed E-state index contributed by atoms with van der Waals surface area (Å²) in [5.41, 5.74) is 1.41. The maximum Gasteiger partial charge on any atom is 0.326 e. The topological polar surface area (TPSA) is 94.1 Å². The molecule has 0 aromatic heterocycles. The van der Waals surface area contributed by atoms with Gasteiger partial charge in [0.05, 0.1) is 6.61 Å². The van der Waals surface area contributed by atoms with Crippen molar-refractivity contribution in [3.63, 3.8) is 0 Å². The van der Waals surface area contributed by atoms with Crippen molar-refractivity contribution in [2.24, 2.45) is 0 Å². The molecule has 1 amide bonds. The number of carboxylic acids is 1. The highest BCUT2D eigenvalue weighted by atomic mass is 35.5. The first-order valence-corrected chi connectivity index (χ1v) is 10.4. The standard InChI is InChI=1S/C22H23Cl2NO6/c1-22(2)30-12-19(31-22)20(26)25-18(21(27)28)10-13-6-8-14(9-7-13)29-11-15-16(23)4-3-5-17(15)24/h3-9,18-19H,10-12H2,1-2H3,(H,25,26)(H,27,28)/t18-,19-/m0/s1. The molecule has 0 unspecified atom stereocenters. The number of rotatable bonds is 8. The molecule has 2 aromatic carbocycles. The molecule has 31 heavy (non-hydrogen) atoms. The summed E-state index contributed by atoms with van der Waals surface area (Å²) in [5, 5.41) is 13.1. The molecule has 1 aliphatic rings. The number of carbonyl (C=O) groups excluding carboxylic acids is 1. The molecular formula is C22H23Cl2NO6. The van der Waals surface area contributed by atoms with Crippen molar-refractivity contribution in [2.75, 3.05) is 6.61 Å². The van der Waals surface area contributed by atoms with Crippen LogP contribution in [0.1, 0.15) is 25.0 Å². The van der Waals surface area contributed by atoms with Gasteiger partial charge in [-0.25, -0.2) is 4.79 Å². The van der Waals surface area contributed by atoms with Crippen LogP contribution in [0.3, 0.4) is 0 Å². The summed E-state index contributed by atoms with van der Waals surface area (Å²) in [7, 11) is 0. The molecule has 0 aliphatic carbocycles. The van der Waals surface area contributed by atoms with E-state index in [9.17, 15) is 14.7 Å². The molecule has 166 valence electrons. The number of hydrogen-bond acceptors (Lipinski definition) is 5. The molecule has 0 saturated carbocycles. The van der Waals surface area contributed by atoms with Crippen LogP contribution in [0, 0.1) is 0 Å². The van der Waals surface area contributed by atoms with Gasteiger partial charge in [-0.3, -0.25) is 4.79 Å². The van der Waals surface area contributed by atoms with Crippen LogP contribution in [-0.4, -0.2) is 41.5 Å². The zero-order chi connectivity index (χ0) is 22.6. The van der Waals surface area contributed by atoms with E-state index >= 15 is 0 Å². The predicted molar refractivity (Wildman–Crippen MR) is 115 cm³/mol. The molecule has 1 fully saturated rings. The third-order valence-electron chi connectivity index (χ3n) is 4.72. The summed E-state index contributed by atoms with van der Waals surface area (Å²) in [4.78, 5) is 24.0. The average molecular weight is 468 g/mol. The number of hydrogen-bond donors (Lipinski definition) is 2. The van der Waals surface area contributed by atoms with Crippen LogP contribution in [0.2, 0.25) is 10.0 Å². The molecule has 7 nitrogen and oxygen atoms in total. The lowest BCUT2D eigenvalue weighted by atomic mass is 10.1. The summed E-state index contributed by atoms with van der Waals surface area (Å²) in [6, 6.07) is 11.0. The van der Waals surface area contributed by atoms with Gasteiger partial charge < -0.3 is 24.6 Å². The van der Waals surface area contributed by atoms with Gasteiger partial charge in [0, 0.05) is 22.0 Å². The van der Waals surface area contributed by atoms with Gasteiger partial charge in [0.1, 0.15) is 18.4 Å². The summed E-state index contributed by atoms with van der Waals surface area (Å²) in [6.07, 6.45) is -0.737. The first kappa shape index (κ1) is 23.3. The Balaban J connectivity index is 1.58. The van der Waals surface area contributed by atoms with Crippen molar-refractivity contribution in [3.05, 3.63) is 63.6 Å². The Kier molecular flexibility index (Phi) is 7.43. The summed E-state index contributed by atoms with van der Waals surface area (Å²) >= 11 is 12.3. The van der Waals surface area contributed by atoms with E-state index in [0.717, 1.165) is 5.56 Å². The molecule has 1 aliphatic heterocycles. The summed E-state index contributed by atoms with van der Waals surface area (Å²) in [5.74, 6) is -1.95. The van der Waals surface area contributed by atoms with Gasteiger partial charge in [-0.05, 0) is 43.7 Å². The number of nitrogens with one attached hydrogen (secondary N) is 1. The molecule has 2 aromatic rings. The van der Waals surface area contributed by atoms with Crippen molar-refractivity contribution in [3.8, 4) is 5.75 Å². The van der Waals surface area contributed by atoms with Crippen LogP contribution in [0.4, 0.5) is 0 Å². The normalized spacial score (nSPS) is 18.4. The number of benzene rings is 2. The number of halogens is 2. The Labute approximate surface area is 190 Å². The quantitative estimate of drug-likeness (QED) is 0.612. The van der Waals surface area contributed by atoms with Crippen LogP contribution >= 0.6 is 23.2 Å².